The number of fused-ring (bicyclic) bond motifs is 3. The molecule has 1 saturated carbocycles. The summed E-state index contributed by atoms with van der Waals surface area (Å²) in [4.78, 5) is 29.3. The Bertz CT molecular complexity index is 1160. The number of hydrogen-bond donors (Lipinski definition) is 1. The van der Waals surface area contributed by atoms with Crippen LogP contribution in [0, 0.1) is 0 Å². The number of carbonyl (C=O) groups excluding carboxylic acids is 2. The summed E-state index contributed by atoms with van der Waals surface area (Å²) in [5, 5.41) is 5.31. The van der Waals surface area contributed by atoms with Crippen molar-refractivity contribution in [1.82, 2.24) is 14.8 Å². The molecule has 168 valence electrons. The maximum atomic E-state index is 13.8. The summed E-state index contributed by atoms with van der Waals surface area (Å²) in [6.45, 7) is 2.65. The number of aromatic nitrogens is 1. The number of ether oxygens (including phenoxy) is 1. The number of thiophene rings is 1. The molecule has 2 amide bonds. The Morgan fingerprint density at radius 1 is 1.22 bits per heavy atom. The maximum Gasteiger partial charge on any atom is 0.271 e. The number of benzene rings is 1. The first-order valence-corrected chi connectivity index (χ1v) is 12.2. The van der Waals surface area contributed by atoms with Crippen molar-refractivity contribution in [3.05, 3.63) is 53.0 Å². The molecule has 32 heavy (non-hydrogen) atoms. The lowest BCUT2D eigenvalue weighted by molar-refractivity contribution is -0.134. The third-order valence-corrected chi connectivity index (χ3v) is 7.85. The zero-order chi connectivity index (χ0) is 22.3. The van der Waals surface area contributed by atoms with Gasteiger partial charge >= 0.3 is 0 Å². The van der Waals surface area contributed by atoms with Gasteiger partial charge in [0.2, 0.25) is 5.91 Å². The number of rotatable bonds is 5. The van der Waals surface area contributed by atoms with Gasteiger partial charge in [0, 0.05) is 11.6 Å². The molecule has 1 aromatic carbocycles. The van der Waals surface area contributed by atoms with Crippen LogP contribution < -0.4 is 10.1 Å². The van der Waals surface area contributed by atoms with Gasteiger partial charge < -0.3 is 19.5 Å². The van der Waals surface area contributed by atoms with Crippen molar-refractivity contribution in [3.8, 4) is 5.75 Å². The molecule has 0 spiro atoms. The van der Waals surface area contributed by atoms with E-state index < -0.39 is 5.54 Å². The van der Waals surface area contributed by atoms with Gasteiger partial charge in [-0.05, 0) is 43.3 Å². The van der Waals surface area contributed by atoms with Crippen molar-refractivity contribution in [2.45, 2.75) is 63.7 Å². The van der Waals surface area contributed by atoms with Crippen molar-refractivity contribution >= 4 is 33.4 Å². The quantitative estimate of drug-likeness (QED) is 0.618. The molecule has 6 nitrogen and oxygen atoms in total. The average Bonchev–Trinajstić information content (AvgIpc) is 3.40. The fraction of sp³-hybridized carbons (Fsp3) is 0.440. The van der Waals surface area contributed by atoms with Crippen molar-refractivity contribution < 1.29 is 14.3 Å². The largest absolute Gasteiger partial charge is 0.496 e. The fourth-order valence-corrected chi connectivity index (χ4v) is 5.93. The van der Waals surface area contributed by atoms with Crippen molar-refractivity contribution in [2.24, 2.45) is 0 Å². The van der Waals surface area contributed by atoms with E-state index in [1.54, 1.807) is 23.3 Å². The monoisotopic (exact) mass is 451 g/mol. The second kappa shape index (κ2) is 8.28. The third kappa shape index (κ3) is 3.48. The topological polar surface area (TPSA) is 63.6 Å². The zero-order valence-corrected chi connectivity index (χ0v) is 19.4. The third-order valence-electron chi connectivity index (χ3n) is 7.00. The van der Waals surface area contributed by atoms with E-state index in [0.29, 0.717) is 18.8 Å². The summed E-state index contributed by atoms with van der Waals surface area (Å²) in [6.07, 6.45) is 5.52. The summed E-state index contributed by atoms with van der Waals surface area (Å²) in [5.41, 5.74) is 1.55. The van der Waals surface area contributed by atoms with Crippen LogP contribution in [0.1, 0.15) is 55.1 Å². The first-order valence-electron chi connectivity index (χ1n) is 11.3. The van der Waals surface area contributed by atoms with Crippen LogP contribution in [0.5, 0.6) is 5.75 Å². The summed E-state index contributed by atoms with van der Waals surface area (Å²) in [5.74, 6) is 0.527. The number of amides is 2. The molecule has 1 aliphatic carbocycles. The smallest absolute Gasteiger partial charge is 0.271 e. The average molecular weight is 452 g/mol. The Morgan fingerprint density at radius 2 is 2.00 bits per heavy atom. The van der Waals surface area contributed by atoms with Gasteiger partial charge in [-0.15, -0.1) is 11.3 Å². The Balaban J connectivity index is 1.54. The van der Waals surface area contributed by atoms with E-state index in [0.717, 1.165) is 47.2 Å². The van der Waals surface area contributed by atoms with E-state index in [9.17, 15) is 9.59 Å². The van der Waals surface area contributed by atoms with Crippen LogP contribution in [0.25, 0.3) is 10.2 Å². The lowest BCUT2D eigenvalue weighted by Gasteiger charge is -2.45. The van der Waals surface area contributed by atoms with E-state index in [2.05, 4.69) is 5.32 Å². The molecular weight excluding hydrogens is 422 g/mol. The first-order chi connectivity index (χ1) is 15.5. The lowest BCUT2D eigenvalue weighted by Crippen LogP contribution is -2.64. The van der Waals surface area contributed by atoms with E-state index in [1.165, 1.54) is 6.42 Å². The maximum absolute atomic E-state index is 13.8. The predicted molar refractivity (Wildman–Crippen MR) is 126 cm³/mol. The molecule has 2 aliphatic rings. The number of para-hydroxylation sites is 1. The van der Waals surface area contributed by atoms with E-state index in [-0.39, 0.29) is 17.9 Å². The Labute approximate surface area is 192 Å². The highest BCUT2D eigenvalue weighted by molar-refractivity contribution is 7.17. The normalized spacial score (nSPS) is 21.6. The molecule has 3 aromatic rings. The molecular formula is C25H29N3O3S. The predicted octanol–water partition coefficient (Wildman–Crippen LogP) is 4.58. The highest BCUT2D eigenvalue weighted by atomic mass is 32.1. The van der Waals surface area contributed by atoms with Gasteiger partial charge in [-0.25, -0.2) is 0 Å². The van der Waals surface area contributed by atoms with E-state index >= 15 is 0 Å². The minimum absolute atomic E-state index is 0.0737. The molecule has 5 rings (SSSR count). The van der Waals surface area contributed by atoms with Gasteiger partial charge in [0.05, 0.1) is 30.4 Å². The van der Waals surface area contributed by atoms with E-state index in [1.807, 2.05) is 53.3 Å². The number of carbonyl (C=O) groups is 2. The fourth-order valence-electron chi connectivity index (χ4n) is 5.11. The van der Waals surface area contributed by atoms with Crippen LogP contribution in [0.15, 0.2) is 41.8 Å². The van der Waals surface area contributed by atoms with Gasteiger partial charge in [-0.1, -0.05) is 37.5 Å². The summed E-state index contributed by atoms with van der Waals surface area (Å²) in [6, 6.07) is 11.9. The molecule has 2 aromatic heterocycles. The Hall–Kier alpha value is -2.80. The molecule has 0 bridgehead atoms. The van der Waals surface area contributed by atoms with Gasteiger partial charge in [0.1, 0.15) is 17.0 Å². The molecule has 7 heteroatoms. The molecule has 1 aliphatic heterocycles. The standard InChI is InChI=1S/C25H29N3O3S/c1-25(24(30)26-18-9-4-3-5-10-18)16-27-19-12-13-32-22(19)14-20(27)23(29)28(25)15-17-8-6-7-11-21(17)31-2/h6-8,11-14,18H,3-5,9-10,15-16H2,1-2H3,(H,26,30). The SMILES string of the molecule is COc1ccccc1CN1C(=O)c2cc3sccc3n2CC1(C)C(=O)NC1CCCCC1. The first kappa shape index (κ1) is 21.1. The van der Waals surface area contributed by atoms with Crippen LogP contribution in [-0.2, 0) is 17.9 Å². The molecule has 1 fully saturated rings. The van der Waals surface area contributed by atoms with Crippen LogP contribution in [0.2, 0.25) is 0 Å². The Kier molecular flexibility index (Phi) is 5.45. The molecule has 1 N–H and O–H groups in total. The highest BCUT2D eigenvalue weighted by Crippen LogP contribution is 2.36. The van der Waals surface area contributed by atoms with Gasteiger partial charge in [0.25, 0.3) is 5.91 Å². The number of nitrogens with one attached hydrogen (secondary N) is 1. The minimum Gasteiger partial charge on any atom is -0.496 e. The van der Waals surface area contributed by atoms with Crippen LogP contribution in [0.4, 0.5) is 0 Å². The molecule has 1 atom stereocenters. The summed E-state index contributed by atoms with van der Waals surface area (Å²) < 4.78 is 8.63. The molecule has 0 saturated heterocycles. The van der Waals surface area contributed by atoms with Crippen molar-refractivity contribution in [1.29, 1.82) is 0 Å². The van der Waals surface area contributed by atoms with Gasteiger partial charge in [0.15, 0.2) is 0 Å². The van der Waals surface area contributed by atoms with Crippen LogP contribution in [0.3, 0.4) is 0 Å². The minimum atomic E-state index is -1.00. The molecule has 1 unspecified atom stereocenters. The number of nitrogens with zero attached hydrogens (tertiary/aromatic N) is 2. The van der Waals surface area contributed by atoms with Crippen molar-refractivity contribution in [2.75, 3.05) is 7.11 Å². The van der Waals surface area contributed by atoms with Gasteiger partial charge in [-0.2, -0.15) is 0 Å². The van der Waals surface area contributed by atoms with E-state index in [4.69, 9.17) is 4.74 Å². The lowest BCUT2D eigenvalue weighted by atomic mass is 9.91. The molecule has 3 heterocycles. The van der Waals surface area contributed by atoms with Gasteiger partial charge in [-0.3, -0.25) is 9.59 Å². The summed E-state index contributed by atoms with van der Waals surface area (Å²) >= 11 is 1.62. The zero-order valence-electron chi connectivity index (χ0n) is 18.6. The number of methoxy groups -OCH3 is 1. The van der Waals surface area contributed by atoms with Crippen LogP contribution >= 0.6 is 11.3 Å². The van der Waals surface area contributed by atoms with Crippen molar-refractivity contribution in [3.63, 3.8) is 0 Å². The second-order valence-electron chi connectivity index (χ2n) is 9.07. The molecule has 0 radical (unpaired) electrons. The number of hydrogen-bond acceptors (Lipinski definition) is 4. The second-order valence-corrected chi connectivity index (χ2v) is 10.0. The summed E-state index contributed by atoms with van der Waals surface area (Å²) in [7, 11) is 1.63. The Morgan fingerprint density at radius 3 is 2.78 bits per heavy atom. The van der Waals surface area contributed by atoms with Crippen LogP contribution in [-0.4, -0.2) is 40.0 Å². The highest BCUT2D eigenvalue weighted by Gasteiger charge is 2.48.